The summed E-state index contributed by atoms with van der Waals surface area (Å²) < 4.78 is 5.61. The predicted molar refractivity (Wildman–Crippen MR) is 113 cm³/mol. The molecule has 1 saturated heterocycles. The molecule has 0 unspecified atom stereocenters. The number of benzene rings is 2. The van der Waals surface area contributed by atoms with Crippen molar-refractivity contribution in [1.29, 1.82) is 0 Å². The molecule has 2 aromatic carbocycles. The van der Waals surface area contributed by atoms with Gasteiger partial charge >= 0.3 is 0 Å². The van der Waals surface area contributed by atoms with Gasteiger partial charge in [-0.1, -0.05) is 36.4 Å². The van der Waals surface area contributed by atoms with Crippen LogP contribution in [0.4, 0.5) is 5.69 Å². The highest BCUT2D eigenvalue weighted by atomic mass is 16.5. The molecule has 1 aliphatic heterocycles. The van der Waals surface area contributed by atoms with Gasteiger partial charge in [-0.2, -0.15) is 0 Å². The Bertz CT molecular complexity index is 810. The first-order valence-electron chi connectivity index (χ1n) is 10.2. The lowest BCUT2D eigenvalue weighted by molar-refractivity contribution is -0.895. The molecular formula is C23H30N3O3+. The maximum Gasteiger partial charge on any atom is 0.279 e. The zero-order chi connectivity index (χ0) is 20.6. The summed E-state index contributed by atoms with van der Waals surface area (Å²) >= 11 is 0. The average molecular weight is 397 g/mol. The van der Waals surface area contributed by atoms with Crippen molar-refractivity contribution in [2.45, 2.75) is 20.3 Å². The minimum Gasteiger partial charge on any atom is -0.493 e. The number of nitrogens with zero attached hydrogens (tertiary/aromatic N) is 1. The molecule has 29 heavy (non-hydrogen) atoms. The van der Waals surface area contributed by atoms with Crippen LogP contribution < -0.4 is 15.0 Å². The highest BCUT2D eigenvalue weighted by Gasteiger charge is 2.25. The molecule has 2 N–H and O–H groups in total. The third-order valence-electron chi connectivity index (χ3n) is 5.31. The van der Waals surface area contributed by atoms with Crippen molar-refractivity contribution in [2.24, 2.45) is 0 Å². The van der Waals surface area contributed by atoms with E-state index in [2.05, 4.69) is 5.32 Å². The van der Waals surface area contributed by atoms with Gasteiger partial charge in [0.05, 0.1) is 39.2 Å². The van der Waals surface area contributed by atoms with Crippen LogP contribution in [-0.2, 0) is 9.59 Å². The van der Waals surface area contributed by atoms with Crippen LogP contribution in [0.15, 0.2) is 48.5 Å². The SMILES string of the molecule is Cc1cccc(C)c1NC(=O)C[NH+]1CCN(C(=O)CCOc2ccccc2)CC1. The van der Waals surface area contributed by atoms with E-state index >= 15 is 0 Å². The zero-order valence-electron chi connectivity index (χ0n) is 17.2. The number of ether oxygens (including phenoxy) is 1. The molecule has 0 saturated carbocycles. The Hall–Kier alpha value is -2.86. The summed E-state index contributed by atoms with van der Waals surface area (Å²) in [6, 6.07) is 15.5. The predicted octanol–water partition coefficient (Wildman–Crippen LogP) is 1.44. The van der Waals surface area contributed by atoms with E-state index in [9.17, 15) is 9.59 Å². The fourth-order valence-electron chi connectivity index (χ4n) is 3.60. The number of hydrogen-bond donors (Lipinski definition) is 2. The molecule has 3 rings (SSSR count). The van der Waals surface area contributed by atoms with Crippen molar-refractivity contribution in [2.75, 3.05) is 44.6 Å². The number of rotatable bonds is 7. The molecule has 0 radical (unpaired) electrons. The lowest BCUT2D eigenvalue weighted by Gasteiger charge is -2.32. The number of hydrogen-bond acceptors (Lipinski definition) is 3. The number of para-hydroxylation sites is 2. The van der Waals surface area contributed by atoms with Crippen LogP contribution in [0.2, 0.25) is 0 Å². The molecule has 154 valence electrons. The molecule has 2 amide bonds. The fourth-order valence-corrected chi connectivity index (χ4v) is 3.60. The Balaban J connectivity index is 1.38. The number of amides is 2. The Kier molecular flexibility index (Phi) is 7.25. The second-order valence-electron chi connectivity index (χ2n) is 7.53. The third kappa shape index (κ3) is 6.06. The molecule has 0 bridgehead atoms. The van der Waals surface area contributed by atoms with Crippen LogP contribution in [0.1, 0.15) is 17.5 Å². The maximum atomic E-state index is 12.4. The molecule has 6 nitrogen and oxygen atoms in total. The van der Waals surface area contributed by atoms with Crippen molar-refractivity contribution in [3.05, 3.63) is 59.7 Å². The number of nitrogens with one attached hydrogen (secondary N) is 2. The minimum absolute atomic E-state index is 0.0217. The molecule has 1 heterocycles. The van der Waals surface area contributed by atoms with Crippen molar-refractivity contribution in [1.82, 2.24) is 4.90 Å². The monoisotopic (exact) mass is 396 g/mol. The first-order valence-corrected chi connectivity index (χ1v) is 10.2. The normalized spacial score (nSPS) is 14.5. The Labute approximate surface area is 172 Å². The first kappa shape index (κ1) is 20.9. The molecular weight excluding hydrogens is 366 g/mol. The summed E-state index contributed by atoms with van der Waals surface area (Å²) in [5, 5.41) is 3.05. The summed E-state index contributed by atoms with van der Waals surface area (Å²) in [5.74, 6) is 0.915. The van der Waals surface area contributed by atoms with E-state index in [-0.39, 0.29) is 11.8 Å². The summed E-state index contributed by atoms with van der Waals surface area (Å²) in [6.07, 6.45) is 0.372. The Morgan fingerprint density at radius 3 is 2.31 bits per heavy atom. The summed E-state index contributed by atoms with van der Waals surface area (Å²) in [6.45, 7) is 7.73. The van der Waals surface area contributed by atoms with Crippen molar-refractivity contribution >= 4 is 17.5 Å². The van der Waals surface area contributed by atoms with Crippen LogP contribution in [0, 0.1) is 13.8 Å². The molecule has 1 aliphatic rings. The second-order valence-corrected chi connectivity index (χ2v) is 7.53. The zero-order valence-corrected chi connectivity index (χ0v) is 17.2. The van der Waals surface area contributed by atoms with Crippen molar-refractivity contribution in [3.8, 4) is 5.75 Å². The molecule has 1 fully saturated rings. The van der Waals surface area contributed by atoms with Crippen LogP contribution in [0.25, 0.3) is 0 Å². The molecule has 0 aromatic heterocycles. The quantitative estimate of drug-likeness (QED) is 0.745. The average Bonchev–Trinajstić information content (AvgIpc) is 2.72. The highest BCUT2D eigenvalue weighted by molar-refractivity contribution is 5.93. The van der Waals surface area contributed by atoms with Gasteiger partial charge in [-0.3, -0.25) is 9.59 Å². The van der Waals surface area contributed by atoms with E-state index in [4.69, 9.17) is 4.74 Å². The van der Waals surface area contributed by atoms with E-state index in [0.29, 0.717) is 32.7 Å². The van der Waals surface area contributed by atoms with E-state index in [1.807, 2.05) is 67.3 Å². The molecule has 0 spiro atoms. The molecule has 6 heteroatoms. The van der Waals surface area contributed by atoms with Crippen LogP contribution in [0.5, 0.6) is 5.75 Å². The van der Waals surface area contributed by atoms with Crippen molar-refractivity contribution < 1.29 is 19.2 Å². The third-order valence-corrected chi connectivity index (χ3v) is 5.31. The van der Waals surface area contributed by atoms with Gasteiger partial charge in [-0.15, -0.1) is 0 Å². The number of piperazine rings is 1. The standard InChI is InChI=1S/C23H29N3O3/c1-18-7-6-8-19(2)23(18)24-21(27)17-25-12-14-26(15-13-25)22(28)11-16-29-20-9-4-3-5-10-20/h3-10H,11-17H2,1-2H3,(H,24,27)/p+1. The van der Waals surface area contributed by atoms with E-state index in [1.54, 1.807) is 0 Å². The van der Waals surface area contributed by atoms with Crippen molar-refractivity contribution in [3.63, 3.8) is 0 Å². The minimum atomic E-state index is 0.0217. The summed E-state index contributed by atoms with van der Waals surface area (Å²) in [4.78, 5) is 27.9. The lowest BCUT2D eigenvalue weighted by atomic mass is 10.1. The smallest absolute Gasteiger partial charge is 0.279 e. The lowest BCUT2D eigenvalue weighted by Crippen LogP contribution is -3.15. The number of aryl methyl sites for hydroxylation is 2. The molecule has 0 atom stereocenters. The largest absolute Gasteiger partial charge is 0.493 e. The Morgan fingerprint density at radius 2 is 1.66 bits per heavy atom. The topological polar surface area (TPSA) is 63.1 Å². The van der Waals surface area contributed by atoms with E-state index < -0.39 is 0 Å². The van der Waals surface area contributed by atoms with Crippen LogP contribution in [-0.4, -0.2) is 56.0 Å². The molecule has 2 aromatic rings. The summed E-state index contributed by atoms with van der Waals surface area (Å²) in [5.41, 5.74) is 3.05. The van der Waals surface area contributed by atoms with Gasteiger partial charge in [-0.05, 0) is 37.1 Å². The van der Waals surface area contributed by atoms with E-state index in [0.717, 1.165) is 35.7 Å². The molecule has 0 aliphatic carbocycles. The second kappa shape index (κ2) is 10.1. The van der Waals surface area contributed by atoms with Gasteiger partial charge in [0.1, 0.15) is 5.75 Å². The van der Waals surface area contributed by atoms with Gasteiger partial charge < -0.3 is 19.9 Å². The fraction of sp³-hybridized carbons (Fsp3) is 0.391. The van der Waals surface area contributed by atoms with Gasteiger partial charge in [0.2, 0.25) is 5.91 Å². The van der Waals surface area contributed by atoms with Crippen LogP contribution in [0.3, 0.4) is 0 Å². The highest BCUT2D eigenvalue weighted by Crippen LogP contribution is 2.18. The number of carbonyl (C=O) groups is 2. The first-order chi connectivity index (χ1) is 14.0. The number of carbonyl (C=O) groups excluding carboxylic acids is 2. The maximum absolute atomic E-state index is 12.4. The Morgan fingerprint density at radius 1 is 1.00 bits per heavy atom. The van der Waals surface area contributed by atoms with Crippen LogP contribution >= 0.6 is 0 Å². The van der Waals surface area contributed by atoms with Gasteiger partial charge in [-0.25, -0.2) is 0 Å². The van der Waals surface area contributed by atoms with Gasteiger partial charge in [0.15, 0.2) is 6.54 Å². The van der Waals surface area contributed by atoms with Gasteiger partial charge in [0, 0.05) is 5.69 Å². The van der Waals surface area contributed by atoms with E-state index in [1.165, 1.54) is 4.90 Å². The number of quaternary nitrogens is 1. The van der Waals surface area contributed by atoms with Gasteiger partial charge in [0.25, 0.3) is 5.91 Å². The summed E-state index contributed by atoms with van der Waals surface area (Å²) in [7, 11) is 0. The number of anilines is 1.